The maximum atomic E-state index is 12.2. The molecule has 1 aliphatic rings. The lowest BCUT2D eigenvalue weighted by Gasteiger charge is -2.32. The highest BCUT2D eigenvalue weighted by molar-refractivity contribution is 7.15. The van der Waals surface area contributed by atoms with E-state index in [1.54, 1.807) is 18.4 Å². The fourth-order valence-corrected chi connectivity index (χ4v) is 4.30. The number of hydrogen-bond acceptors (Lipinski definition) is 5. The minimum atomic E-state index is 0.121. The van der Waals surface area contributed by atoms with Crippen LogP contribution in [0, 0.1) is 0 Å². The molecule has 3 rings (SSSR count). The maximum Gasteiger partial charge on any atom is 0.220 e. The first-order valence-electron chi connectivity index (χ1n) is 9.22. The molecular formula is C20H27N3O2S. The van der Waals surface area contributed by atoms with E-state index in [-0.39, 0.29) is 5.91 Å². The number of nitrogens with one attached hydrogen (secondary N) is 1. The Morgan fingerprint density at radius 2 is 2.23 bits per heavy atom. The van der Waals surface area contributed by atoms with Gasteiger partial charge in [-0.15, -0.1) is 11.3 Å². The highest BCUT2D eigenvalue weighted by atomic mass is 32.1. The van der Waals surface area contributed by atoms with Crippen LogP contribution in [-0.2, 0) is 11.3 Å². The molecule has 1 fully saturated rings. The third kappa shape index (κ3) is 4.83. The predicted molar refractivity (Wildman–Crippen MR) is 105 cm³/mol. The van der Waals surface area contributed by atoms with Crippen molar-refractivity contribution in [2.45, 2.75) is 44.7 Å². The van der Waals surface area contributed by atoms with Crippen LogP contribution in [0.2, 0.25) is 0 Å². The number of aromatic nitrogens is 1. The summed E-state index contributed by atoms with van der Waals surface area (Å²) in [7, 11) is 3.83. The number of hydrogen-bond donors (Lipinski definition) is 1. The number of amides is 1. The molecular weight excluding hydrogens is 346 g/mol. The number of carbonyl (C=O) groups excluding carboxylic acids is 1. The first kappa shape index (κ1) is 18.9. The van der Waals surface area contributed by atoms with Crippen molar-refractivity contribution < 1.29 is 9.53 Å². The van der Waals surface area contributed by atoms with E-state index in [1.165, 1.54) is 19.3 Å². The van der Waals surface area contributed by atoms with Crippen molar-refractivity contribution >= 4 is 17.2 Å². The molecule has 1 aromatic heterocycles. The third-order valence-electron chi connectivity index (χ3n) is 4.98. The van der Waals surface area contributed by atoms with Gasteiger partial charge in [0.05, 0.1) is 19.2 Å². The molecule has 26 heavy (non-hydrogen) atoms. The smallest absolute Gasteiger partial charge is 0.220 e. The molecule has 2 heterocycles. The van der Waals surface area contributed by atoms with Gasteiger partial charge in [-0.3, -0.25) is 4.79 Å². The molecule has 1 atom stereocenters. The Kier molecular flexibility index (Phi) is 6.63. The summed E-state index contributed by atoms with van der Waals surface area (Å²) in [6.45, 7) is 1.69. The molecule has 1 N–H and O–H groups in total. The number of benzene rings is 1. The summed E-state index contributed by atoms with van der Waals surface area (Å²) in [4.78, 5) is 20.1. The van der Waals surface area contributed by atoms with Gasteiger partial charge in [0.2, 0.25) is 5.91 Å². The highest BCUT2D eigenvalue weighted by Crippen LogP contribution is 2.32. The summed E-state index contributed by atoms with van der Waals surface area (Å²) in [5, 5.41) is 3.94. The second-order valence-corrected chi connectivity index (χ2v) is 7.89. The van der Waals surface area contributed by atoms with Crippen LogP contribution in [0.3, 0.4) is 0 Å². The quantitative estimate of drug-likeness (QED) is 0.804. The molecule has 140 valence electrons. The van der Waals surface area contributed by atoms with Gasteiger partial charge in [-0.2, -0.15) is 0 Å². The molecule has 1 saturated heterocycles. The minimum Gasteiger partial charge on any atom is -0.496 e. The number of thiazole rings is 1. The van der Waals surface area contributed by atoms with Crippen molar-refractivity contribution in [1.82, 2.24) is 15.2 Å². The fourth-order valence-electron chi connectivity index (χ4n) is 3.42. The Hall–Kier alpha value is -1.92. The number of para-hydroxylation sites is 1. The number of rotatable bonds is 7. The van der Waals surface area contributed by atoms with Gasteiger partial charge in [0.1, 0.15) is 10.8 Å². The minimum absolute atomic E-state index is 0.121. The third-order valence-corrected chi connectivity index (χ3v) is 6.01. The standard InChI is InChI=1S/C20H27N3O2S/c1-23-12-6-5-7-15(23)10-11-19(24)21-13-16-14-22-20(26-16)17-8-3-4-9-18(17)25-2/h3-4,8-9,14-15H,5-7,10-13H2,1-2H3,(H,21,24)/t15-/m1/s1. The van der Waals surface area contributed by atoms with Crippen LogP contribution < -0.4 is 10.1 Å². The second-order valence-electron chi connectivity index (χ2n) is 6.78. The Bertz CT molecular complexity index is 731. The maximum absolute atomic E-state index is 12.2. The molecule has 0 aliphatic carbocycles. The Morgan fingerprint density at radius 1 is 1.38 bits per heavy atom. The number of likely N-dealkylation sites (tertiary alicyclic amines) is 1. The molecule has 1 aliphatic heterocycles. The van der Waals surface area contributed by atoms with E-state index in [0.717, 1.165) is 34.2 Å². The zero-order valence-corrected chi connectivity index (χ0v) is 16.3. The lowest BCUT2D eigenvalue weighted by molar-refractivity contribution is -0.121. The van der Waals surface area contributed by atoms with Crippen LogP contribution in [0.5, 0.6) is 5.75 Å². The van der Waals surface area contributed by atoms with Crippen molar-refractivity contribution in [3.8, 4) is 16.3 Å². The molecule has 1 aromatic carbocycles. The van der Waals surface area contributed by atoms with Crippen LogP contribution in [0.15, 0.2) is 30.5 Å². The Labute approximate surface area is 159 Å². The van der Waals surface area contributed by atoms with Gasteiger partial charge in [0, 0.05) is 23.5 Å². The number of ether oxygens (including phenoxy) is 1. The van der Waals surface area contributed by atoms with Crippen molar-refractivity contribution in [3.63, 3.8) is 0 Å². The predicted octanol–water partition coefficient (Wildman–Crippen LogP) is 3.70. The van der Waals surface area contributed by atoms with E-state index >= 15 is 0 Å². The van der Waals surface area contributed by atoms with Crippen LogP contribution in [0.25, 0.3) is 10.6 Å². The Balaban J connectivity index is 1.49. The number of nitrogens with zero attached hydrogens (tertiary/aromatic N) is 2. The number of carbonyl (C=O) groups is 1. The first-order valence-corrected chi connectivity index (χ1v) is 10.0. The molecule has 0 bridgehead atoms. The normalized spacial score (nSPS) is 17.8. The van der Waals surface area contributed by atoms with Crippen LogP contribution in [-0.4, -0.2) is 42.5 Å². The molecule has 6 heteroatoms. The van der Waals surface area contributed by atoms with Gasteiger partial charge in [0.15, 0.2) is 0 Å². The molecule has 5 nitrogen and oxygen atoms in total. The van der Waals surface area contributed by atoms with Crippen LogP contribution in [0.1, 0.15) is 37.0 Å². The Morgan fingerprint density at radius 3 is 3.04 bits per heavy atom. The summed E-state index contributed by atoms with van der Waals surface area (Å²) in [5.41, 5.74) is 0.984. The molecule has 0 spiro atoms. The summed E-state index contributed by atoms with van der Waals surface area (Å²) in [6, 6.07) is 8.40. The van der Waals surface area contributed by atoms with Gasteiger partial charge in [-0.1, -0.05) is 18.6 Å². The first-order chi connectivity index (χ1) is 12.7. The van der Waals surface area contributed by atoms with E-state index < -0.39 is 0 Å². The molecule has 0 saturated carbocycles. The summed E-state index contributed by atoms with van der Waals surface area (Å²) in [6.07, 6.45) is 7.13. The summed E-state index contributed by atoms with van der Waals surface area (Å²) in [5.74, 6) is 0.935. The van der Waals surface area contributed by atoms with Crippen LogP contribution in [0.4, 0.5) is 0 Å². The van der Waals surface area contributed by atoms with Crippen molar-refractivity contribution in [2.24, 2.45) is 0 Å². The van der Waals surface area contributed by atoms with E-state index in [9.17, 15) is 4.79 Å². The van der Waals surface area contributed by atoms with Gasteiger partial charge >= 0.3 is 0 Å². The van der Waals surface area contributed by atoms with Crippen molar-refractivity contribution in [1.29, 1.82) is 0 Å². The van der Waals surface area contributed by atoms with Gasteiger partial charge in [0.25, 0.3) is 0 Å². The van der Waals surface area contributed by atoms with Crippen LogP contribution >= 0.6 is 11.3 Å². The lowest BCUT2D eigenvalue weighted by Crippen LogP contribution is -2.37. The largest absolute Gasteiger partial charge is 0.496 e. The van der Waals surface area contributed by atoms with E-state index in [0.29, 0.717) is 19.0 Å². The van der Waals surface area contributed by atoms with Crippen molar-refractivity contribution in [3.05, 3.63) is 35.3 Å². The SMILES string of the molecule is COc1ccccc1-c1ncc(CNC(=O)CC[C@H]2CCCCN2C)s1. The lowest BCUT2D eigenvalue weighted by atomic mass is 9.98. The van der Waals surface area contributed by atoms with Gasteiger partial charge in [-0.05, 0) is 45.0 Å². The molecule has 2 aromatic rings. The number of piperidine rings is 1. The zero-order valence-electron chi connectivity index (χ0n) is 15.5. The highest BCUT2D eigenvalue weighted by Gasteiger charge is 2.19. The molecule has 0 unspecified atom stereocenters. The summed E-state index contributed by atoms with van der Waals surface area (Å²) >= 11 is 1.59. The average Bonchev–Trinajstić information content (AvgIpc) is 3.14. The van der Waals surface area contributed by atoms with E-state index in [1.807, 2.05) is 30.5 Å². The van der Waals surface area contributed by atoms with Gasteiger partial charge in [-0.25, -0.2) is 4.98 Å². The average molecular weight is 374 g/mol. The topological polar surface area (TPSA) is 54.5 Å². The van der Waals surface area contributed by atoms with E-state index in [4.69, 9.17) is 4.74 Å². The molecule has 1 amide bonds. The number of methoxy groups -OCH3 is 1. The second kappa shape index (κ2) is 9.14. The monoisotopic (exact) mass is 373 g/mol. The van der Waals surface area contributed by atoms with E-state index in [2.05, 4.69) is 22.2 Å². The van der Waals surface area contributed by atoms with Gasteiger partial charge < -0.3 is 15.0 Å². The molecule has 0 radical (unpaired) electrons. The zero-order chi connectivity index (χ0) is 18.4. The fraction of sp³-hybridized carbons (Fsp3) is 0.500. The van der Waals surface area contributed by atoms with Crippen molar-refractivity contribution in [2.75, 3.05) is 20.7 Å². The summed E-state index contributed by atoms with van der Waals surface area (Å²) < 4.78 is 5.40.